The van der Waals surface area contributed by atoms with Gasteiger partial charge in [0.25, 0.3) is 5.56 Å². The summed E-state index contributed by atoms with van der Waals surface area (Å²) < 4.78 is 14.6. The van der Waals surface area contributed by atoms with Crippen LogP contribution in [0.5, 0.6) is 0 Å². The minimum absolute atomic E-state index is 0.0520. The Balaban J connectivity index is 1.60. The number of carbonyl (C=O) groups is 1. The lowest BCUT2D eigenvalue weighted by Gasteiger charge is -2.08. The molecule has 0 aliphatic heterocycles. The van der Waals surface area contributed by atoms with Crippen molar-refractivity contribution in [1.82, 2.24) is 14.8 Å². The topological polar surface area (TPSA) is 120 Å². The second kappa shape index (κ2) is 8.83. The van der Waals surface area contributed by atoms with Gasteiger partial charge < -0.3 is 5.32 Å². The van der Waals surface area contributed by atoms with Crippen molar-refractivity contribution in [2.45, 2.75) is 19.4 Å². The summed E-state index contributed by atoms with van der Waals surface area (Å²) in [5.41, 5.74) is 0.451. The van der Waals surface area contributed by atoms with E-state index < -0.39 is 22.3 Å². The largest absolute Gasteiger partial charge is 0.326 e. The van der Waals surface area contributed by atoms with Crippen LogP contribution in [0.15, 0.2) is 59.7 Å². The second-order valence-corrected chi connectivity index (χ2v) is 6.10. The summed E-state index contributed by atoms with van der Waals surface area (Å²) in [6.45, 7) is 0.212. The number of nitrogens with zero attached hydrogens (tertiary/aromatic N) is 4. The lowest BCUT2D eigenvalue weighted by molar-refractivity contribution is -0.387. The van der Waals surface area contributed by atoms with Gasteiger partial charge in [-0.1, -0.05) is 0 Å². The van der Waals surface area contributed by atoms with Gasteiger partial charge in [0.15, 0.2) is 0 Å². The molecule has 10 heteroatoms. The van der Waals surface area contributed by atoms with Crippen LogP contribution >= 0.6 is 0 Å². The highest BCUT2D eigenvalue weighted by Gasteiger charge is 2.15. The lowest BCUT2D eigenvalue weighted by Crippen LogP contribution is -2.23. The number of nitro benzene ring substituents is 1. The molecule has 1 amide bonds. The fraction of sp³-hybridized carbons (Fsp3) is 0.158. The maximum absolute atomic E-state index is 13.3. The first-order valence-electron chi connectivity index (χ1n) is 8.66. The number of nitrogens with one attached hydrogen (secondary N) is 1. The van der Waals surface area contributed by atoms with Crippen LogP contribution in [0.4, 0.5) is 15.8 Å². The molecule has 0 atom stereocenters. The number of benzene rings is 1. The van der Waals surface area contributed by atoms with Crippen LogP contribution in [0.1, 0.15) is 12.8 Å². The van der Waals surface area contributed by atoms with Crippen molar-refractivity contribution in [1.29, 1.82) is 0 Å². The Morgan fingerprint density at radius 1 is 1.24 bits per heavy atom. The quantitative estimate of drug-likeness (QED) is 0.483. The van der Waals surface area contributed by atoms with Crippen LogP contribution in [0.2, 0.25) is 0 Å². The number of rotatable bonds is 7. The summed E-state index contributed by atoms with van der Waals surface area (Å²) in [5.74, 6) is -1.39. The molecule has 9 nitrogen and oxygen atoms in total. The van der Waals surface area contributed by atoms with Crippen molar-refractivity contribution in [3.05, 3.63) is 81.1 Å². The first-order chi connectivity index (χ1) is 13.9. The second-order valence-electron chi connectivity index (χ2n) is 6.10. The highest BCUT2D eigenvalue weighted by atomic mass is 19.1. The van der Waals surface area contributed by atoms with Crippen molar-refractivity contribution >= 4 is 17.3 Å². The fourth-order valence-corrected chi connectivity index (χ4v) is 2.62. The van der Waals surface area contributed by atoms with Gasteiger partial charge in [-0.3, -0.25) is 24.7 Å². The monoisotopic (exact) mass is 397 g/mol. The third-order valence-electron chi connectivity index (χ3n) is 4.02. The minimum atomic E-state index is -0.980. The van der Waals surface area contributed by atoms with E-state index in [-0.39, 0.29) is 24.2 Å². The highest BCUT2D eigenvalue weighted by molar-refractivity contribution is 5.91. The normalized spacial score (nSPS) is 10.5. The molecule has 0 fully saturated rings. The van der Waals surface area contributed by atoms with Gasteiger partial charge in [0, 0.05) is 48.7 Å². The maximum Gasteiger partial charge on any atom is 0.306 e. The summed E-state index contributed by atoms with van der Waals surface area (Å²) in [4.78, 5) is 38.0. The Morgan fingerprint density at radius 2 is 2.07 bits per heavy atom. The van der Waals surface area contributed by atoms with E-state index in [4.69, 9.17) is 0 Å². The average Bonchev–Trinajstić information content (AvgIpc) is 2.71. The zero-order valence-corrected chi connectivity index (χ0v) is 15.1. The molecule has 0 unspecified atom stereocenters. The van der Waals surface area contributed by atoms with Crippen molar-refractivity contribution < 1.29 is 14.1 Å². The predicted octanol–water partition coefficient (Wildman–Crippen LogP) is 2.77. The molecule has 0 saturated heterocycles. The van der Waals surface area contributed by atoms with E-state index in [1.54, 1.807) is 24.5 Å². The van der Waals surface area contributed by atoms with Gasteiger partial charge in [-0.05, 0) is 36.8 Å². The first-order valence-corrected chi connectivity index (χ1v) is 8.66. The van der Waals surface area contributed by atoms with E-state index in [2.05, 4.69) is 15.4 Å². The minimum Gasteiger partial charge on any atom is -0.326 e. The van der Waals surface area contributed by atoms with Crippen molar-refractivity contribution in [2.24, 2.45) is 0 Å². The Kier molecular flexibility index (Phi) is 6.03. The van der Waals surface area contributed by atoms with E-state index in [1.165, 1.54) is 16.8 Å². The summed E-state index contributed by atoms with van der Waals surface area (Å²) in [6.07, 6.45) is 3.63. The number of amides is 1. The molecule has 2 aromatic heterocycles. The van der Waals surface area contributed by atoms with Crippen molar-refractivity contribution in [3.63, 3.8) is 0 Å². The molecule has 29 heavy (non-hydrogen) atoms. The fourth-order valence-electron chi connectivity index (χ4n) is 2.62. The summed E-state index contributed by atoms with van der Waals surface area (Å²) in [7, 11) is 0. The zero-order chi connectivity index (χ0) is 20.8. The molecular weight excluding hydrogens is 381 g/mol. The number of carbonyl (C=O) groups excluding carboxylic acids is 1. The van der Waals surface area contributed by atoms with E-state index in [0.29, 0.717) is 12.1 Å². The molecular formula is C19H16FN5O4. The van der Waals surface area contributed by atoms with Crippen LogP contribution < -0.4 is 10.9 Å². The molecule has 148 valence electrons. The van der Waals surface area contributed by atoms with Gasteiger partial charge in [-0.15, -0.1) is 0 Å². The van der Waals surface area contributed by atoms with Gasteiger partial charge in [0.1, 0.15) is 0 Å². The summed E-state index contributed by atoms with van der Waals surface area (Å²) in [6, 6.07) is 9.69. The number of pyridine rings is 1. The zero-order valence-electron chi connectivity index (χ0n) is 15.1. The number of hydrogen-bond donors (Lipinski definition) is 1. The highest BCUT2D eigenvalue weighted by Crippen LogP contribution is 2.21. The molecule has 3 rings (SSSR count). The van der Waals surface area contributed by atoms with Gasteiger partial charge in [-0.2, -0.15) is 9.49 Å². The number of aryl methyl sites for hydroxylation is 1. The average molecular weight is 397 g/mol. The van der Waals surface area contributed by atoms with Crippen molar-refractivity contribution in [3.8, 4) is 11.3 Å². The number of aromatic nitrogens is 3. The molecule has 0 spiro atoms. The molecule has 0 bridgehead atoms. The maximum atomic E-state index is 13.3. The summed E-state index contributed by atoms with van der Waals surface area (Å²) in [5, 5.41) is 17.5. The Morgan fingerprint density at radius 3 is 2.79 bits per heavy atom. The van der Waals surface area contributed by atoms with E-state index >= 15 is 0 Å². The van der Waals surface area contributed by atoms with Crippen LogP contribution in [0.3, 0.4) is 0 Å². The first kappa shape index (κ1) is 19.8. The predicted molar refractivity (Wildman–Crippen MR) is 103 cm³/mol. The lowest BCUT2D eigenvalue weighted by atomic mass is 10.2. The van der Waals surface area contributed by atoms with Crippen LogP contribution in [0, 0.1) is 15.9 Å². The van der Waals surface area contributed by atoms with Crippen LogP contribution in [0.25, 0.3) is 11.3 Å². The van der Waals surface area contributed by atoms with Crippen LogP contribution in [-0.4, -0.2) is 25.6 Å². The molecule has 0 aliphatic carbocycles. The third-order valence-corrected chi connectivity index (χ3v) is 4.02. The van der Waals surface area contributed by atoms with Gasteiger partial charge in [0.05, 0.1) is 10.6 Å². The SMILES string of the molecule is O=C(CCCn1nc(-c2cccnc2)ccc1=O)Nc1ccc(F)c([N+](=O)[O-])c1. The van der Waals surface area contributed by atoms with Crippen LogP contribution in [-0.2, 0) is 11.3 Å². The van der Waals surface area contributed by atoms with E-state index in [9.17, 15) is 24.1 Å². The smallest absolute Gasteiger partial charge is 0.306 e. The molecule has 2 heterocycles. The van der Waals surface area contributed by atoms with Gasteiger partial charge >= 0.3 is 5.69 Å². The third kappa shape index (κ3) is 5.06. The Labute approximate surface area is 164 Å². The van der Waals surface area contributed by atoms with Gasteiger partial charge in [0.2, 0.25) is 11.7 Å². The molecule has 0 aliphatic rings. The molecule has 0 radical (unpaired) electrons. The Bertz CT molecular complexity index is 1100. The molecule has 1 aromatic carbocycles. The van der Waals surface area contributed by atoms with Gasteiger partial charge in [-0.25, -0.2) is 4.68 Å². The number of nitro groups is 1. The number of halogens is 1. The standard InChI is InChI=1S/C19H16FN5O4/c20-15-6-5-14(11-17(15)25(28)29)22-18(26)4-2-10-24-19(27)8-7-16(23-24)13-3-1-9-21-12-13/h1,3,5-9,11-12H,2,4,10H2,(H,22,26). The molecule has 3 aromatic rings. The summed E-state index contributed by atoms with van der Waals surface area (Å²) >= 11 is 0. The molecule has 1 N–H and O–H groups in total. The van der Waals surface area contributed by atoms with E-state index in [0.717, 1.165) is 17.7 Å². The van der Waals surface area contributed by atoms with E-state index in [1.807, 2.05) is 6.07 Å². The number of anilines is 1. The number of hydrogen-bond acceptors (Lipinski definition) is 6. The van der Waals surface area contributed by atoms with Crippen molar-refractivity contribution in [2.75, 3.05) is 5.32 Å². The molecule has 0 saturated carbocycles. The Hall–Kier alpha value is -3.95.